The number of nitrogens with zero attached hydrogens (tertiary/aromatic N) is 3. The molecule has 1 aromatic heterocycles. The molecule has 0 amide bonds. The standard InChI is InChI=1S/C18H20N6O/c1-12-21-17(24-23-12)14-7-5-6-13(10-14)11-20-18(19)22-15-8-3-4-9-16(15)25-2/h3-10H,11H2,1-2H3,(H3,19,20,22)(H,21,23,24). The van der Waals surface area contributed by atoms with Gasteiger partial charge in [0.1, 0.15) is 11.6 Å². The Bertz CT molecular complexity index is 887. The third kappa shape index (κ3) is 4.14. The van der Waals surface area contributed by atoms with Crippen LogP contribution in [0.3, 0.4) is 0 Å². The number of guanidine groups is 1. The lowest BCUT2D eigenvalue weighted by Crippen LogP contribution is -2.22. The van der Waals surface area contributed by atoms with Crippen LogP contribution in [0.5, 0.6) is 5.75 Å². The second-order valence-electron chi connectivity index (χ2n) is 5.47. The highest BCUT2D eigenvalue weighted by Gasteiger charge is 2.05. The predicted molar refractivity (Wildman–Crippen MR) is 98.5 cm³/mol. The minimum absolute atomic E-state index is 0.323. The molecule has 0 saturated heterocycles. The van der Waals surface area contributed by atoms with Crippen molar-refractivity contribution in [3.8, 4) is 17.1 Å². The molecule has 0 atom stereocenters. The van der Waals surface area contributed by atoms with Crippen molar-refractivity contribution in [1.82, 2.24) is 15.2 Å². The van der Waals surface area contributed by atoms with Crippen molar-refractivity contribution in [2.45, 2.75) is 13.5 Å². The normalized spacial score (nSPS) is 11.4. The second-order valence-corrected chi connectivity index (χ2v) is 5.47. The third-order valence-corrected chi connectivity index (χ3v) is 3.58. The summed E-state index contributed by atoms with van der Waals surface area (Å²) in [4.78, 5) is 8.72. The lowest BCUT2D eigenvalue weighted by molar-refractivity contribution is 0.417. The Morgan fingerprint density at radius 1 is 1.24 bits per heavy atom. The van der Waals surface area contributed by atoms with Crippen molar-refractivity contribution < 1.29 is 4.74 Å². The van der Waals surface area contributed by atoms with Crippen LogP contribution in [0.2, 0.25) is 0 Å². The number of aryl methyl sites for hydroxylation is 1. The largest absolute Gasteiger partial charge is 0.495 e. The zero-order chi connectivity index (χ0) is 17.6. The number of hydrogen-bond donors (Lipinski definition) is 3. The maximum atomic E-state index is 5.98. The number of aromatic nitrogens is 3. The molecular formula is C18H20N6O. The Morgan fingerprint density at radius 3 is 2.84 bits per heavy atom. The highest BCUT2D eigenvalue weighted by atomic mass is 16.5. The quantitative estimate of drug-likeness (QED) is 0.491. The first-order chi connectivity index (χ1) is 12.2. The molecule has 0 aliphatic carbocycles. The predicted octanol–water partition coefficient (Wildman–Crippen LogP) is 2.72. The summed E-state index contributed by atoms with van der Waals surface area (Å²) in [6, 6.07) is 15.5. The van der Waals surface area contributed by atoms with Crippen LogP contribution >= 0.6 is 0 Å². The number of nitrogens with two attached hydrogens (primary N) is 1. The first-order valence-corrected chi connectivity index (χ1v) is 7.84. The second kappa shape index (κ2) is 7.48. The van der Waals surface area contributed by atoms with Gasteiger partial charge in [-0.15, -0.1) is 0 Å². The van der Waals surface area contributed by atoms with Crippen molar-refractivity contribution in [3.05, 3.63) is 59.9 Å². The molecule has 2 aromatic carbocycles. The number of benzene rings is 2. The molecule has 0 aliphatic heterocycles. The SMILES string of the molecule is COc1ccccc1NC(N)=NCc1cccc(-c2n[nH]c(C)n2)c1. The molecule has 0 radical (unpaired) electrons. The number of rotatable bonds is 5. The van der Waals surface area contributed by atoms with E-state index >= 15 is 0 Å². The molecule has 1 heterocycles. The number of aliphatic imine (C=N–C) groups is 1. The zero-order valence-corrected chi connectivity index (χ0v) is 14.2. The number of anilines is 1. The Hall–Kier alpha value is -3.35. The van der Waals surface area contributed by atoms with E-state index in [4.69, 9.17) is 10.5 Å². The van der Waals surface area contributed by atoms with E-state index in [-0.39, 0.29) is 0 Å². The van der Waals surface area contributed by atoms with Gasteiger partial charge >= 0.3 is 0 Å². The first-order valence-electron chi connectivity index (χ1n) is 7.84. The molecule has 128 valence electrons. The highest BCUT2D eigenvalue weighted by molar-refractivity contribution is 5.93. The van der Waals surface area contributed by atoms with Gasteiger partial charge in [-0.05, 0) is 30.7 Å². The van der Waals surface area contributed by atoms with Crippen LogP contribution in [-0.2, 0) is 6.54 Å². The van der Waals surface area contributed by atoms with Gasteiger partial charge in [-0.1, -0.05) is 30.3 Å². The van der Waals surface area contributed by atoms with Crippen molar-refractivity contribution >= 4 is 11.6 Å². The van der Waals surface area contributed by atoms with Crippen molar-refractivity contribution in [3.63, 3.8) is 0 Å². The van der Waals surface area contributed by atoms with Crippen molar-refractivity contribution in [2.75, 3.05) is 12.4 Å². The highest BCUT2D eigenvalue weighted by Crippen LogP contribution is 2.22. The molecule has 0 bridgehead atoms. The van der Waals surface area contributed by atoms with Gasteiger partial charge in [0.2, 0.25) is 0 Å². The van der Waals surface area contributed by atoms with Crippen LogP contribution < -0.4 is 15.8 Å². The monoisotopic (exact) mass is 336 g/mol. The number of methoxy groups -OCH3 is 1. The Kier molecular flexibility index (Phi) is 4.94. The van der Waals surface area contributed by atoms with E-state index < -0.39 is 0 Å². The minimum Gasteiger partial charge on any atom is -0.495 e. The Morgan fingerprint density at radius 2 is 2.08 bits per heavy atom. The van der Waals surface area contributed by atoms with E-state index in [0.717, 1.165) is 22.6 Å². The molecule has 0 aliphatic rings. The summed E-state index contributed by atoms with van der Waals surface area (Å²) in [6.45, 7) is 2.32. The number of H-pyrrole nitrogens is 1. The maximum absolute atomic E-state index is 5.98. The Labute approximate surface area is 146 Å². The van der Waals surface area contributed by atoms with Gasteiger partial charge in [-0.3, -0.25) is 5.10 Å². The third-order valence-electron chi connectivity index (χ3n) is 3.58. The van der Waals surface area contributed by atoms with Gasteiger partial charge in [0.15, 0.2) is 11.8 Å². The van der Waals surface area contributed by atoms with Crippen LogP contribution in [-0.4, -0.2) is 28.3 Å². The molecule has 3 aromatic rings. The molecule has 0 spiro atoms. The molecule has 0 fully saturated rings. The minimum atomic E-state index is 0.323. The van der Waals surface area contributed by atoms with E-state index in [1.807, 2.05) is 55.5 Å². The van der Waals surface area contributed by atoms with E-state index in [2.05, 4.69) is 25.5 Å². The summed E-state index contributed by atoms with van der Waals surface area (Å²) in [5, 5.41) is 10.1. The number of hydrogen-bond acceptors (Lipinski definition) is 4. The molecule has 0 saturated carbocycles. The molecule has 3 rings (SSSR count). The van der Waals surface area contributed by atoms with Crippen LogP contribution in [0.15, 0.2) is 53.5 Å². The van der Waals surface area contributed by atoms with Crippen LogP contribution in [0.1, 0.15) is 11.4 Å². The Balaban J connectivity index is 1.71. The number of para-hydroxylation sites is 2. The molecule has 25 heavy (non-hydrogen) atoms. The lowest BCUT2D eigenvalue weighted by atomic mass is 10.1. The summed E-state index contributed by atoms with van der Waals surface area (Å²) in [7, 11) is 1.62. The van der Waals surface area contributed by atoms with Crippen LogP contribution in [0.4, 0.5) is 5.69 Å². The van der Waals surface area contributed by atoms with Gasteiger partial charge < -0.3 is 15.8 Å². The topological polar surface area (TPSA) is 101 Å². The fraction of sp³-hybridized carbons (Fsp3) is 0.167. The average Bonchev–Trinajstić information content (AvgIpc) is 3.07. The summed E-state index contributed by atoms with van der Waals surface area (Å²) in [5.41, 5.74) is 8.71. The smallest absolute Gasteiger partial charge is 0.193 e. The van der Waals surface area contributed by atoms with Gasteiger partial charge in [-0.25, -0.2) is 9.98 Å². The summed E-state index contributed by atoms with van der Waals surface area (Å²) in [6.07, 6.45) is 0. The summed E-state index contributed by atoms with van der Waals surface area (Å²) in [5.74, 6) is 2.48. The van der Waals surface area contributed by atoms with Crippen molar-refractivity contribution in [2.24, 2.45) is 10.7 Å². The lowest BCUT2D eigenvalue weighted by Gasteiger charge is -2.10. The van der Waals surface area contributed by atoms with E-state index in [1.165, 1.54) is 0 Å². The first kappa shape index (κ1) is 16.5. The number of aromatic amines is 1. The number of ether oxygens (including phenoxy) is 1. The molecule has 0 unspecified atom stereocenters. The zero-order valence-electron chi connectivity index (χ0n) is 14.2. The van der Waals surface area contributed by atoms with Gasteiger partial charge in [0, 0.05) is 5.56 Å². The summed E-state index contributed by atoms with van der Waals surface area (Å²) < 4.78 is 5.29. The van der Waals surface area contributed by atoms with Crippen LogP contribution in [0, 0.1) is 6.92 Å². The molecule has 4 N–H and O–H groups in total. The van der Waals surface area contributed by atoms with Crippen LogP contribution in [0.25, 0.3) is 11.4 Å². The fourth-order valence-corrected chi connectivity index (χ4v) is 2.38. The van der Waals surface area contributed by atoms with E-state index in [0.29, 0.717) is 24.1 Å². The fourth-order valence-electron chi connectivity index (χ4n) is 2.38. The average molecular weight is 336 g/mol. The maximum Gasteiger partial charge on any atom is 0.193 e. The molecule has 7 nitrogen and oxygen atoms in total. The van der Waals surface area contributed by atoms with Gasteiger partial charge in [0.05, 0.1) is 19.3 Å². The molecule has 7 heteroatoms. The summed E-state index contributed by atoms with van der Waals surface area (Å²) >= 11 is 0. The van der Waals surface area contributed by atoms with E-state index in [9.17, 15) is 0 Å². The van der Waals surface area contributed by atoms with Crippen molar-refractivity contribution in [1.29, 1.82) is 0 Å². The molecular weight excluding hydrogens is 316 g/mol. The van der Waals surface area contributed by atoms with E-state index in [1.54, 1.807) is 7.11 Å². The number of nitrogens with one attached hydrogen (secondary N) is 2. The van der Waals surface area contributed by atoms with Gasteiger partial charge in [-0.2, -0.15) is 5.10 Å². The van der Waals surface area contributed by atoms with Gasteiger partial charge in [0.25, 0.3) is 0 Å².